The first-order chi connectivity index (χ1) is 11.5. The number of hydrogen-bond donors (Lipinski definition) is 0. The number of tetrazole rings is 1. The zero-order valence-electron chi connectivity index (χ0n) is 14.0. The lowest BCUT2D eigenvalue weighted by molar-refractivity contribution is -0.149. The quantitative estimate of drug-likeness (QED) is 0.833. The molecule has 0 spiro atoms. The molecule has 1 fully saturated rings. The average Bonchev–Trinajstić information content (AvgIpc) is 3.08. The molecule has 1 aliphatic heterocycles. The van der Waals surface area contributed by atoms with Crippen molar-refractivity contribution in [1.82, 2.24) is 25.1 Å². The second kappa shape index (κ2) is 6.96. The molecule has 3 rings (SSSR count). The van der Waals surface area contributed by atoms with Crippen LogP contribution < -0.4 is 4.74 Å². The first-order valence-electron chi connectivity index (χ1n) is 7.97. The summed E-state index contributed by atoms with van der Waals surface area (Å²) in [5, 5.41) is 11.0. The van der Waals surface area contributed by atoms with Crippen molar-refractivity contribution in [2.75, 3.05) is 13.1 Å². The number of amides is 1. The van der Waals surface area contributed by atoms with E-state index in [-0.39, 0.29) is 18.1 Å². The van der Waals surface area contributed by atoms with Gasteiger partial charge in [0.25, 0.3) is 5.91 Å². The Morgan fingerprint density at radius 2 is 1.92 bits per heavy atom. The molecule has 8 nitrogen and oxygen atoms in total. The molecule has 1 aromatic carbocycles. The predicted octanol–water partition coefficient (Wildman–Crippen LogP) is 1.07. The monoisotopic (exact) mass is 331 g/mol. The molecule has 128 valence electrons. The Morgan fingerprint density at radius 1 is 1.25 bits per heavy atom. The van der Waals surface area contributed by atoms with Crippen molar-refractivity contribution in [1.29, 1.82) is 0 Å². The largest absolute Gasteiger partial charge is 0.481 e. The van der Waals surface area contributed by atoms with Gasteiger partial charge >= 0.3 is 0 Å². The fraction of sp³-hybridized carbons (Fsp3) is 0.500. The van der Waals surface area contributed by atoms with Crippen molar-refractivity contribution in [3.63, 3.8) is 0 Å². The summed E-state index contributed by atoms with van der Waals surface area (Å²) in [5.74, 6) is 0.601. The highest BCUT2D eigenvalue weighted by atomic mass is 16.5. The SMILES string of the molecule is C[C@@H]1CN(C(=O)[C@@H](C)Oc2ccc(-n3cnnn3)cc2)C[C@H](C)O1. The molecule has 0 N–H and O–H groups in total. The Kier molecular flexibility index (Phi) is 4.75. The fourth-order valence-corrected chi connectivity index (χ4v) is 2.83. The number of ether oxygens (including phenoxy) is 2. The van der Waals surface area contributed by atoms with Crippen LogP contribution in [-0.4, -0.2) is 62.4 Å². The van der Waals surface area contributed by atoms with Crippen molar-refractivity contribution in [3.8, 4) is 11.4 Å². The van der Waals surface area contributed by atoms with E-state index in [4.69, 9.17) is 9.47 Å². The highest BCUT2D eigenvalue weighted by Gasteiger charge is 2.29. The van der Waals surface area contributed by atoms with Crippen LogP contribution in [0.4, 0.5) is 0 Å². The lowest BCUT2D eigenvalue weighted by Crippen LogP contribution is -2.51. The number of hydrogen-bond acceptors (Lipinski definition) is 6. The van der Waals surface area contributed by atoms with E-state index in [1.54, 1.807) is 28.6 Å². The first kappa shape index (κ1) is 16.4. The smallest absolute Gasteiger partial charge is 0.263 e. The van der Waals surface area contributed by atoms with Gasteiger partial charge in [-0.2, -0.15) is 0 Å². The van der Waals surface area contributed by atoms with Gasteiger partial charge in [-0.3, -0.25) is 4.79 Å². The Morgan fingerprint density at radius 3 is 2.50 bits per heavy atom. The molecule has 2 aromatic rings. The van der Waals surface area contributed by atoms with Crippen LogP contribution in [0.15, 0.2) is 30.6 Å². The Hall–Kier alpha value is -2.48. The maximum Gasteiger partial charge on any atom is 0.263 e. The van der Waals surface area contributed by atoms with Crippen LogP contribution in [0.5, 0.6) is 5.75 Å². The molecule has 24 heavy (non-hydrogen) atoms. The fourth-order valence-electron chi connectivity index (χ4n) is 2.83. The first-order valence-corrected chi connectivity index (χ1v) is 7.97. The van der Waals surface area contributed by atoms with Gasteiger partial charge < -0.3 is 14.4 Å². The highest BCUT2D eigenvalue weighted by molar-refractivity contribution is 5.81. The summed E-state index contributed by atoms with van der Waals surface area (Å²) in [7, 11) is 0. The topological polar surface area (TPSA) is 82.4 Å². The number of carbonyl (C=O) groups excluding carboxylic acids is 1. The van der Waals surface area contributed by atoms with Crippen LogP contribution in [0.25, 0.3) is 5.69 Å². The summed E-state index contributed by atoms with van der Waals surface area (Å²) in [6.45, 7) is 6.89. The summed E-state index contributed by atoms with van der Waals surface area (Å²) in [4.78, 5) is 14.4. The number of aromatic nitrogens is 4. The molecular weight excluding hydrogens is 310 g/mol. The van der Waals surface area contributed by atoms with Gasteiger partial charge in [0.2, 0.25) is 0 Å². The standard InChI is InChI=1S/C16H21N5O3/c1-11-8-20(9-12(2)23-11)16(22)13(3)24-15-6-4-14(5-7-15)21-10-17-18-19-21/h4-7,10-13H,8-9H2,1-3H3/t11-,12+,13-/m1/s1. The second-order valence-corrected chi connectivity index (χ2v) is 6.01. The van der Waals surface area contributed by atoms with Crippen molar-refractivity contribution in [2.45, 2.75) is 39.1 Å². The third kappa shape index (κ3) is 3.70. The molecule has 8 heteroatoms. The van der Waals surface area contributed by atoms with E-state index >= 15 is 0 Å². The summed E-state index contributed by atoms with van der Waals surface area (Å²) in [5.41, 5.74) is 0.821. The minimum absolute atomic E-state index is 0.0263. The Labute approximate surface area is 140 Å². The van der Waals surface area contributed by atoms with Gasteiger partial charge in [0, 0.05) is 13.1 Å². The minimum atomic E-state index is -0.554. The van der Waals surface area contributed by atoms with Crippen LogP contribution in [0.2, 0.25) is 0 Å². The molecule has 0 unspecified atom stereocenters. The van der Waals surface area contributed by atoms with Gasteiger partial charge in [-0.15, -0.1) is 5.10 Å². The normalized spacial score (nSPS) is 22.2. The Balaban J connectivity index is 1.61. The van der Waals surface area contributed by atoms with Crippen LogP contribution in [-0.2, 0) is 9.53 Å². The van der Waals surface area contributed by atoms with Crippen molar-refractivity contribution >= 4 is 5.91 Å². The highest BCUT2D eigenvalue weighted by Crippen LogP contribution is 2.18. The van der Waals surface area contributed by atoms with Crippen LogP contribution in [0.1, 0.15) is 20.8 Å². The average molecular weight is 331 g/mol. The lowest BCUT2D eigenvalue weighted by Gasteiger charge is -2.36. The molecule has 1 amide bonds. The van der Waals surface area contributed by atoms with Crippen molar-refractivity contribution < 1.29 is 14.3 Å². The zero-order valence-corrected chi connectivity index (χ0v) is 14.0. The number of nitrogens with zero attached hydrogens (tertiary/aromatic N) is 5. The summed E-state index contributed by atoms with van der Waals surface area (Å²) >= 11 is 0. The van der Waals surface area contributed by atoms with Crippen LogP contribution in [0, 0.1) is 0 Å². The van der Waals surface area contributed by atoms with Gasteiger partial charge in [-0.05, 0) is 55.5 Å². The van der Waals surface area contributed by atoms with E-state index in [0.29, 0.717) is 18.8 Å². The molecule has 2 heterocycles. The molecule has 1 aliphatic rings. The number of benzene rings is 1. The molecule has 3 atom stereocenters. The molecular formula is C16H21N5O3. The lowest BCUT2D eigenvalue weighted by atomic mass is 10.2. The van der Waals surface area contributed by atoms with E-state index in [0.717, 1.165) is 5.69 Å². The van der Waals surface area contributed by atoms with Crippen molar-refractivity contribution in [2.24, 2.45) is 0 Å². The molecule has 0 radical (unpaired) electrons. The van der Waals surface area contributed by atoms with Crippen LogP contribution in [0.3, 0.4) is 0 Å². The Bertz CT molecular complexity index is 664. The van der Waals surface area contributed by atoms with Gasteiger partial charge in [0.05, 0.1) is 17.9 Å². The molecule has 0 bridgehead atoms. The van der Waals surface area contributed by atoms with Gasteiger partial charge in [-0.1, -0.05) is 0 Å². The third-order valence-electron chi connectivity index (χ3n) is 3.84. The van der Waals surface area contributed by atoms with E-state index in [1.165, 1.54) is 6.33 Å². The van der Waals surface area contributed by atoms with E-state index in [1.807, 2.05) is 26.0 Å². The minimum Gasteiger partial charge on any atom is -0.481 e. The maximum absolute atomic E-state index is 12.6. The van der Waals surface area contributed by atoms with Gasteiger partial charge in [-0.25, -0.2) is 4.68 Å². The molecule has 1 aromatic heterocycles. The molecule has 0 saturated carbocycles. The molecule has 0 aliphatic carbocycles. The number of carbonyl (C=O) groups is 1. The van der Waals surface area contributed by atoms with E-state index in [2.05, 4.69) is 15.5 Å². The zero-order chi connectivity index (χ0) is 17.1. The summed E-state index contributed by atoms with van der Waals surface area (Å²) in [6.07, 6.45) is 1.05. The van der Waals surface area contributed by atoms with Crippen molar-refractivity contribution in [3.05, 3.63) is 30.6 Å². The summed E-state index contributed by atoms with van der Waals surface area (Å²) in [6, 6.07) is 7.26. The third-order valence-corrected chi connectivity index (χ3v) is 3.84. The van der Waals surface area contributed by atoms with Crippen LogP contribution >= 0.6 is 0 Å². The maximum atomic E-state index is 12.6. The van der Waals surface area contributed by atoms with E-state index in [9.17, 15) is 4.79 Å². The molecule has 1 saturated heterocycles. The van der Waals surface area contributed by atoms with E-state index < -0.39 is 6.10 Å². The number of morpholine rings is 1. The van der Waals surface area contributed by atoms with Gasteiger partial charge in [0.1, 0.15) is 12.1 Å². The summed E-state index contributed by atoms with van der Waals surface area (Å²) < 4.78 is 13.0. The van der Waals surface area contributed by atoms with Gasteiger partial charge in [0.15, 0.2) is 6.10 Å². The second-order valence-electron chi connectivity index (χ2n) is 6.01. The number of rotatable bonds is 4. The predicted molar refractivity (Wildman–Crippen MR) is 85.8 cm³/mol.